The third-order valence-electron chi connectivity index (χ3n) is 5.50. The molecule has 0 spiro atoms. The van der Waals surface area contributed by atoms with Crippen molar-refractivity contribution in [1.29, 1.82) is 0 Å². The molecule has 1 atom stereocenters. The van der Waals surface area contributed by atoms with Crippen LogP contribution in [0.1, 0.15) is 18.4 Å². The van der Waals surface area contributed by atoms with Gasteiger partial charge in [-0.25, -0.2) is 4.79 Å². The number of benzene rings is 2. The van der Waals surface area contributed by atoms with Crippen molar-refractivity contribution >= 4 is 16.7 Å². The topological polar surface area (TPSA) is 37.3 Å². The van der Waals surface area contributed by atoms with Crippen LogP contribution in [0, 0.1) is 5.92 Å². The first kappa shape index (κ1) is 18.9. The van der Waals surface area contributed by atoms with Gasteiger partial charge in [-0.05, 0) is 58.2 Å². The molecule has 4 rings (SSSR count). The smallest absolute Gasteiger partial charge is 0.328 e. The van der Waals surface area contributed by atoms with Crippen molar-refractivity contribution in [1.82, 2.24) is 0 Å². The van der Waals surface area contributed by atoms with Crippen molar-refractivity contribution in [3.8, 4) is 0 Å². The number of fused-ring (bicyclic) bond motifs is 1. The Hall–Kier alpha value is -3.39. The Morgan fingerprint density at radius 3 is 2.79 bits per heavy atom. The molecule has 2 nitrogen and oxygen atoms in total. The zero-order valence-corrected chi connectivity index (χ0v) is 16.3. The van der Waals surface area contributed by atoms with E-state index in [1.165, 1.54) is 33.6 Å². The minimum atomic E-state index is -0.911. The molecular weight excluding hydrogens is 356 g/mol. The number of hydrogen-bond donors (Lipinski definition) is 1. The molecule has 144 valence electrons. The lowest BCUT2D eigenvalue weighted by atomic mass is 9.78. The van der Waals surface area contributed by atoms with E-state index in [0.29, 0.717) is 5.92 Å². The number of aliphatic carboxylic acids is 1. The van der Waals surface area contributed by atoms with Crippen LogP contribution in [0.15, 0.2) is 114 Å². The van der Waals surface area contributed by atoms with E-state index in [1.807, 2.05) is 0 Å². The fourth-order valence-corrected chi connectivity index (χ4v) is 4.12. The highest BCUT2D eigenvalue weighted by molar-refractivity contribution is 5.85. The van der Waals surface area contributed by atoms with Crippen LogP contribution >= 0.6 is 0 Å². The Kier molecular flexibility index (Phi) is 5.71. The van der Waals surface area contributed by atoms with E-state index < -0.39 is 5.97 Å². The third kappa shape index (κ3) is 4.55. The van der Waals surface area contributed by atoms with Crippen molar-refractivity contribution in [3.63, 3.8) is 0 Å². The number of carbonyl (C=O) groups is 1. The lowest BCUT2D eigenvalue weighted by Gasteiger charge is -2.26. The maximum atomic E-state index is 11.0. The predicted molar refractivity (Wildman–Crippen MR) is 120 cm³/mol. The van der Waals surface area contributed by atoms with Gasteiger partial charge in [0.15, 0.2) is 0 Å². The summed E-state index contributed by atoms with van der Waals surface area (Å²) in [6, 6.07) is 15.0. The zero-order chi connectivity index (χ0) is 20.1. The summed E-state index contributed by atoms with van der Waals surface area (Å²) in [4.78, 5) is 11.0. The Morgan fingerprint density at radius 2 is 1.90 bits per heavy atom. The second-order valence-electron chi connectivity index (χ2n) is 7.47. The van der Waals surface area contributed by atoms with Crippen molar-refractivity contribution in [2.45, 2.75) is 19.3 Å². The van der Waals surface area contributed by atoms with Crippen molar-refractivity contribution < 1.29 is 9.90 Å². The van der Waals surface area contributed by atoms with Gasteiger partial charge in [-0.15, -0.1) is 0 Å². The molecule has 2 aliphatic carbocycles. The minimum Gasteiger partial charge on any atom is -0.478 e. The highest BCUT2D eigenvalue weighted by Gasteiger charge is 2.22. The van der Waals surface area contributed by atoms with Gasteiger partial charge >= 0.3 is 5.97 Å². The first-order valence-corrected chi connectivity index (χ1v) is 10.0. The van der Waals surface area contributed by atoms with Gasteiger partial charge in [0.2, 0.25) is 0 Å². The third-order valence-corrected chi connectivity index (χ3v) is 5.50. The molecule has 0 radical (unpaired) electrons. The molecule has 2 aromatic rings. The number of allylic oxidation sites excluding steroid dienone is 11. The molecule has 1 unspecified atom stereocenters. The number of carboxylic acid groups (broad SMARTS) is 1. The van der Waals surface area contributed by atoms with Gasteiger partial charge in [0, 0.05) is 6.08 Å². The maximum absolute atomic E-state index is 11.0. The van der Waals surface area contributed by atoms with Crippen LogP contribution in [0.25, 0.3) is 10.8 Å². The summed E-state index contributed by atoms with van der Waals surface area (Å²) in [6.45, 7) is 0. The maximum Gasteiger partial charge on any atom is 0.328 e. The molecule has 0 saturated heterocycles. The molecule has 29 heavy (non-hydrogen) atoms. The molecule has 0 heterocycles. The summed E-state index contributed by atoms with van der Waals surface area (Å²) in [5.41, 5.74) is 4.93. The van der Waals surface area contributed by atoms with Gasteiger partial charge in [-0.3, -0.25) is 0 Å². The molecule has 0 saturated carbocycles. The Bertz CT molecular complexity index is 1100. The minimum absolute atomic E-state index is 0.293. The van der Waals surface area contributed by atoms with Crippen LogP contribution in [-0.4, -0.2) is 11.1 Å². The van der Waals surface area contributed by atoms with Gasteiger partial charge in [0.1, 0.15) is 0 Å². The zero-order valence-electron chi connectivity index (χ0n) is 16.3. The summed E-state index contributed by atoms with van der Waals surface area (Å²) in [7, 11) is 0. The van der Waals surface area contributed by atoms with Crippen LogP contribution < -0.4 is 0 Å². The highest BCUT2D eigenvalue weighted by Crippen LogP contribution is 2.35. The molecule has 2 heteroatoms. The summed E-state index contributed by atoms with van der Waals surface area (Å²) in [5, 5.41) is 11.5. The van der Waals surface area contributed by atoms with Gasteiger partial charge in [-0.1, -0.05) is 91.1 Å². The fourth-order valence-electron chi connectivity index (χ4n) is 4.12. The number of rotatable bonds is 5. The van der Waals surface area contributed by atoms with Gasteiger partial charge < -0.3 is 5.11 Å². The Labute approximate surface area is 171 Å². The standard InChI is InChI=1S/C27H24O2/c28-27(29)17-15-20-14-16-26(21-8-3-1-2-4-9-21)24(18-20)19-23-12-7-11-22-10-5-6-13-25(22)23/h1,3-17,24H,2,18-19H2,(H,28,29)/b17-15+. The van der Waals surface area contributed by atoms with E-state index in [9.17, 15) is 4.79 Å². The average molecular weight is 380 g/mol. The van der Waals surface area contributed by atoms with E-state index in [4.69, 9.17) is 5.11 Å². The first-order chi connectivity index (χ1) is 14.2. The molecule has 2 aromatic carbocycles. The van der Waals surface area contributed by atoms with Crippen LogP contribution in [0.2, 0.25) is 0 Å². The van der Waals surface area contributed by atoms with E-state index in [-0.39, 0.29) is 0 Å². The number of carboxylic acids is 1. The van der Waals surface area contributed by atoms with Gasteiger partial charge in [-0.2, -0.15) is 0 Å². The van der Waals surface area contributed by atoms with E-state index in [0.717, 1.165) is 24.8 Å². The van der Waals surface area contributed by atoms with Crippen LogP contribution in [0.3, 0.4) is 0 Å². The quantitative estimate of drug-likeness (QED) is 0.615. The largest absolute Gasteiger partial charge is 0.478 e. The highest BCUT2D eigenvalue weighted by atomic mass is 16.4. The number of hydrogen-bond acceptors (Lipinski definition) is 1. The second-order valence-corrected chi connectivity index (χ2v) is 7.47. The Balaban J connectivity index is 1.71. The van der Waals surface area contributed by atoms with E-state index in [1.54, 1.807) is 6.08 Å². The molecule has 0 amide bonds. The molecule has 0 aliphatic heterocycles. The molecule has 0 aromatic heterocycles. The lowest BCUT2D eigenvalue weighted by Crippen LogP contribution is -2.13. The summed E-state index contributed by atoms with van der Waals surface area (Å²) in [5.74, 6) is -0.618. The van der Waals surface area contributed by atoms with Crippen molar-refractivity contribution in [2.24, 2.45) is 5.92 Å². The van der Waals surface area contributed by atoms with Crippen LogP contribution in [-0.2, 0) is 11.2 Å². The van der Waals surface area contributed by atoms with Crippen molar-refractivity contribution in [3.05, 3.63) is 119 Å². The van der Waals surface area contributed by atoms with Gasteiger partial charge in [0.05, 0.1) is 0 Å². The monoisotopic (exact) mass is 380 g/mol. The normalized spacial score (nSPS) is 19.0. The molecule has 2 aliphatic rings. The van der Waals surface area contributed by atoms with Crippen LogP contribution in [0.4, 0.5) is 0 Å². The average Bonchev–Trinajstić information content (AvgIpc) is 3.02. The van der Waals surface area contributed by atoms with Crippen molar-refractivity contribution in [2.75, 3.05) is 0 Å². The van der Waals surface area contributed by atoms with E-state index >= 15 is 0 Å². The SMILES string of the molecule is O=C(O)/C=C/C1=CC=C(C2=CC=CCC=C2)C(Cc2cccc3ccccc23)C1. The van der Waals surface area contributed by atoms with Gasteiger partial charge in [0.25, 0.3) is 0 Å². The molecule has 1 N–H and O–H groups in total. The van der Waals surface area contributed by atoms with Crippen LogP contribution in [0.5, 0.6) is 0 Å². The Morgan fingerprint density at radius 1 is 1.03 bits per heavy atom. The first-order valence-electron chi connectivity index (χ1n) is 10.0. The summed E-state index contributed by atoms with van der Waals surface area (Å²) >= 11 is 0. The summed E-state index contributed by atoms with van der Waals surface area (Å²) in [6.07, 6.45) is 20.7. The lowest BCUT2D eigenvalue weighted by molar-refractivity contribution is -0.131. The molecular formula is C27H24O2. The summed E-state index contributed by atoms with van der Waals surface area (Å²) < 4.78 is 0. The predicted octanol–water partition coefficient (Wildman–Crippen LogP) is 6.34. The fraction of sp³-hybridized carbons (Fsp3) is 0.148. The molecule has 0 bridgehead atoms. The second kappa shape index (κ2) is 8.74. The molecule has 0 fully saturated rings. The van der Waals surface area contributed by atoms with E-state index in [2.05, 4.69) is 85.0 Å².